The van der Waals surface area contributed by atoms with Gasteiger partial charge < -0.3 is 10.1 Å². The van der Waals surface area contributed by atoms with Crippen molar-refractivity contribution in [1.29, 1.82) is 0 Å². The second kappa shape index (κ2) is 4.10. The predicted molar refractivity (Wildman–Crippen MR) is 74.0 cm³/mol. The minimum Gasteiger partial charge on any atom is -0.478 e. The van der Waals surface area contributed by atoms with Crippen molar-refractivity contribution < 1.29 is 9.90 Å². The van der Waals surface area contributed by atoms with Crippen molar-refractivity contribution in [3.8, 4) is 0 Å². The molecule has 0 fully saturated rings. The second-order valence-electron chi connectivity index (χ2n) is 4.21. The molecule has 0 unspecified atom stereocenters. The lowest BCUT2D eigenvalue weighted by atomic mass is 10.1. The zero-order valence-electron chi connectivity index (χ0n) is 9.61. The third-order valence-electron chi connectivity index (χ3n) is 3.01. The van der Waals surface area contributed by atoms with Crippen LogP contribution in [0.2, 0.25) is 5.02 Å². The normalized spacial score (nSPS) is 11.0. The van der Waals surface area contributed by atoms with Gasteiger partial charge in [-0.1, -0.05) is 11.6 Å². The van der Waals surface area contributed by atoms with Gasteiger partial charge in [0.1, 0.15) is 0 Å². The van der Waals surface area contributed by atoms with Gasteiger partial charge in [0.2, 0.25) is 0 Å². The van der Waals surface area contributed by atoms with Gasteiger partial charge in [-0.15, -0.1) is 0 Å². The third-order valence-corrected chi connectivity index (χ3v) is 3.24. The van der Waals surface area contributed by atoms with Crippen LogP contribution < -0.4 is 5.43 Å². The van der Waals surface area contributed by atoms with Gasteiger partial charge in [-0.05, 0) is 36.4 Å². The molecule has 2 aromatic carbocycles. The standard InChI is InChI=1S/C14H8ClNO3/c15-8-2-3-9-12(6-8)16-11-4-1-7(14(18)19)5-10(11)13(9)17/h1-6H,(H,16,17)(H,18,19). The Bertz CT molecular complexity index is 883. The minimum absolute atomic E-state index is 0.0892. The van der Waals surface area contributed by atoms with E-state index in [-0.39, 0.29) is 11.0 Å². The summed E-state index contributed by atoms with van der Waals surface area (Å²) >= 11 is 5.89. The van der Waals surface area contributed by atoms with Crippen molar-refractivity contribution in [3.63, 3.8) is 0 Å². The summed E-state index contributed by atoms with van der Waals surface area (Å²) in [4.78, 5) is 26.3. The topological polar surface area (TPSA) is 70.2 Å². The largest absolute Gasteiger partial charge is 0.478 e. The molecule has 2 N–H and O–H groups in total. The fourth-order valence-electron chi connectivity index (χ4n) is 2.08. The molecule has 0 atom stereocenters. The van der Waals surface area contributed by atoms with Crippen LogP contribution in [-0.4, -0.2) is 16.1 Å². The molecule has 94 valence electrons. The molecule has 5 heteroatoms. The van der Waals surface area contributed by atoms with E-state index >= 15 is 0 Å². The van der Waals surface area contributed by atoms with Gasteiger partial charge in [0.25, 0.3) is 0 Å². The van der Waals surface area contributed by atoms with Crippen LogP contribution in [0.1, 0.15) is 10.4 Å². The van der Waals surface area contributed by atoms with Crippen molar-refractivity contribution >= 4 is 39.4 Å². The number of aromatic nitrogens is 1. The molecule has 19 heavy (non-hydrogen) atoms. The summed E-state index contributed by atoms with van der Waals surface area (Å²) in [6.07, 6.45) is 0. The summed E-state index contributed by atoms with van der Waals surface area (Å²) in [5.74, 6) is -1.06. The molecular formula is C14H8ClNO3. The van der Waals surface area contributed by atoms with Gasteiger partial charge in [-0.2, -0.15) is 0 Å². The van der Waals surface area contributed by atoms with E-state index in [1.165, 1.54) is 12.1 Å². The number of carboxylic acids is 1. The first-order valence-electron chi connectivity index (χ1n) is 5.55. The Balaban J connectivity index is 2.47. The van der Waals surface area contributed by atoms with Gasteiger partial charge in [-0.25, -0.2) is 4.79 Å². The number of fused-ring (bicyclic) bond motifs is 2. The average molecular weight is 274 g/mol. The maximum atomic E-state index is 12.3. The molecule has 1 heterocycles. The summed E-state index contributed by atoms with van der Waals surface area (Å²) in [7, 11) is 0. The third kappa shape index (κ3) is 1.86. The van der Waals surface area contributed by atoms with E-state index in [0.29, 0.717) is 26.8 Å². The number of carbonyl (C=O) groups is 1. The van der Waals surface area contributed by atoms with Crippen LogP contribution in [0, 0.1) is 0 Å². The van der Waals surface area contributed by atoms with E-state index in [0.717, 1.165) is 0 Å². The molecule has 0 aliphatic carbocycles. The Morgan fingerprint density at radius 2 is 1.84 bits per heavy atom. The lowest BCUT2D eigenvalue weighted by molar-refractivity contribution is 0.0697. The van der Waals surface area contributed by atoms with Gasteiger partial charge >= 0.3 is 5.97 Å². The number of pyridine rings is 1. The molecule has 0 bridgehead atoms. The van der Waals surface area contributed by atoms with E-state index < -0.39 is 5.97 Å². The highest BCUT2D eigenvalue weighted by molar-refractivity contribution is 6.31. The molecule has 3 aromatic rings. The number of halogens is 1. The number of rotatable bonds is 1. The first kappa shape index (κ1) is 11.7. The van der Waals surface area contributed by atoms with Crippen molar-refractivity contribution in [3.05, 3.63) is 57.2 Å². The van der Waals surface area contributed by atoms with Crippen molar-refractivity contribution in [2.24, 2.45) is 0 Å². The van der Waals surface area contributed by atoms with Crippen LogP contribution in [0.4, 0.5) is 0 Å². The summed E-state index contributed by atoms with van der Waals surface area (Å²) in [6.45, 7) is 0. The molecule has 0 spiro atoms. The van der Waals surface area contributed by atoms with Crippen LogP contribution >= 0.6 is 11.6 Å². The van der Waals surface area contributed by atoms with E-state index in [1.807, 2.05) is 0 Å². The zero-order valence-corrected chi connectivity index (χ0v) is 10.4. The lowest BCUT2D eigenvalue weighted by Gasteiger charge is -2.04. The molecule has 0 radical (unpaired) electrons. The minimum atomic E-state index is -1.06. The summed E-state index contributed by atoms with van der Waals surface area (Å²) in [5.41, 5.74) is 1.10. The Morgan fingerprint density at radius 1 is 1.05 bits per heavy atom. The SMILES string of the molecule is O=C(O)c1ccc2[nH]c3cc(Cl)ccc3c(=O)c2c1. The number of carboxylic acid groups (broad SMARTS) is 1. The van der Waals surface area contributed by atoms with Crippen LogP contribution in [0.5, 0.6) is 0 Å². The van der Waals surface area contributed by atoms with Crippen molar-refractivity contribution in [2.75, 3.05) is 0 Å². The van der Waals surface area contributed by atoms with Crippen LogP contribution in [0.15, 0.2) is 41.2 Å². The van der Waals surface area contributed by atoms with Crippen LogP contribution in [-0.2, 0) is 0 Å². The highest BCUT2D eigenvalue weighted by Crippen LogP contribution is 2.19. The first-order chi connectivity index (χ1) is 9.06. The van der Waals surface area contributed by atoms with E-state index in [2.05, 4.69) is 4.98 Å². The average Bonchev–Trinajstić information content (AvgIpc) is 2.38. The second-order valence-corrected chi connectivity index (χ2v) is 4.65. The molecule has 0 saturated carbocycles. The Kier molecular flexibility index (Phi) is 2.54. The first-order valence-corrected chi connectivity index (χ1v) is 5.92. The number of aromatic amines is 1. The molecule has 0 aliphatic rings. The summed E-state index contributed by atoms with van der Waals surface area (Å²) in [5, 5.41) is 10.3. The smallest absolute Gasteiger partial charge is 0.335 e. The van der Waals surface area contributed by atoms with E-state index in [4.69, 9.17) is 16.7 Å². The Hall–Kier alpha value is -2.33. The summed E-state index contributed by atoms with van der Waals surface area (Å²) < 4.78 is 0. The van der Waals surface area contributed by atoms with Crippen molar-refractivity contribution in [2.45, 2.75) is 0 Å². The molecular weight excluding hydrogens is 266 g/mol. The zero-order chi connectivity index (χ0) is 13.6. The maximum Gasteiger partial charge on any atom is 0.335 e. The number of aromatic carboxylic acids is 1. The number of hydrogen-bond donors (Lipinski definition) is 2. The van der Waals surface area contributed by atoms with Crippen LogP contribution in [0.25, 0.3) is 21.8 Å². The van der Waals surface area contributed by atoms with E-state index in [1.54, 1.807) is 24.3 Å². The van der Waals surface area contributed by atoms with Gasteiger partial charge in [0, 0.05) is 21.3 Å². The Morgan fingerprint density at radius 3 is 2.58 bits per heavy atom. The fraction of sp³-hybridized carbons (Fsp3) is 0. The molecule has 3 rings (SSSR count). The van der Waals surface area contributed by atoms with Gasteiger partial charge in [0.15, 0.2) is 5.43 Å². The quantitative estimate of drug-likeness (QED) is 0.670. The number of benzene rings is 2. The van der Waals surface area contributed by atoms with Gasteiger partial charge in [0.05, 0.1) is 11.1 Å². The molecule has 4 nitrogen and oxygen atoms in total. The maximum absolute atomic E-state index is 12.3. The lowest BCUT2D eigenvalue weighted by Crippen LogP contribution is -2.06. The number of H-pyrrole nitrogens is 1. The predicted octanol–water partition coefficient (Wildman–Crippen LogP) is 3.03. The molecule has 0 saturated heterocycles. The highest BCUT2D eigenvalue weighted by Gasteiger charge is 2.09. The molecule has 1 aromatic heterocycles. The monoisotopic (exact) mass is 273 g/mol. The Labute approximate surface area is 112 Å². The van der Waals surface area contributed by atoms with E-state index in [9.17, 15) is 9.59 Å². The number of hydrogen-bond acceptors (Lipinski definition) is 2. The van der Waals surface area contributed by atoms with Crippen LogP contribution in [0.3, 0.4) is 0 Å². The molecule has 0 aliphatic heterocycles. The summed E-state index contributed by atoms with van der Waals surface area (Å²) in [6, 6.07) is 9.35. The van der Waals surface area contributed by atoms with Gasteiger partial charge in [-0.3, -0.25) is 4.79 Å². The highest BCUT2D eigenvalue weighted by atomic mass is 35.5. The number of nitrogens with one attached hydrogen (secondary N) is 1. The van der Waals surface area contributed by atoms with Crippen molar-refractivity contribution in [1.82, 2.24) is 4.98 Å². The fourth-order valence-corrected chi connectivity index (χ4v) is 2.25. The molecule has 0 amide bonds.